The summed E-state index contributed by atoms with van der Waals surface area (Å²) in [5, 5.41) is 2.82. The van der Waals surface area contributed by atoms with Crippen LogP contribution in [0.2, 0.25) is 0 Å². The van der Waals surface area contributed by atoms with E-state index in [0.717, 1.165) is 23.3 Å². The van der Waals surface area contributed by atoms with Crippen LogP contribution in [0.25, 0.3) is 0 Å². The molecular weight excluding hydrogens is 292 g/mol. The monoisotopic (exact) mass is 314 g/mol. The summed E-state index contributed by atoms with van der Waals surface area (Å²) < 4.78 is 5.37. The first-order chi connectivity index (χ1) is 11.1. The highest BCUT2D eigenvalue weighted by atomic mass is 16.5. The van der Waals surface area contributed by atoms with Gasteiger partial charge in [0.2, 0.25) is 0 Å². The lowest BCUT2D eigenvalue weighted by atomic mass is 10.1. The number of nitrogens with two attached hydrogens (primary N) is 2. The lowest BCUT2D eigenvalue weighted by Gasteiger charge is -2.11. The molecule has 0 atom stereocenters. The first-order valence-corrected chi connectivity index (χ1v) is 7.47. The number of methoxy groups -OCH3 is 1. The second-order valence-corrected chi connectivity index (χ2v) is 5.15. The SMILES string of the molecule is CCc1ccc(CNC(=O)c2cc(N)c(CN)cn2)c(OC)c1. The van der Waals surface area contributed by atoms with Gasteiger partial charge in [-0.15, -0.1) is 0 Å². The summed E-state index contributed by atoms with van der Waals surface area (Å²) in [5.74, 6) is 0.470. The minimum Gasteiger partial charge on any atom is -0.496 e. The van der Waals surface area contributed by atoms with Crippen molar-refractivity contribution in [1.82, 2.24) is 10.3 Å². The highest BCUT2D eigenvalue weighted by Gasteiger charge is 2.11. The highest BCUT2D eigenvalue weighted by Crippen LogP contribution is 2.20. The predicted octanol–water partition coefficient (Wildman–Crippen LogP) is 1.62. The molecule has 0 unspecified atom stereocenters. The van der Waals surface area contributed by atoms with E-state index in [4.69, 9.17) is 16.2 Å². The van der Waals surface area contributed by atoms with Crippen molar-refractivity contribution in [2.45, 2.75) is 26.4 Å². The molecule has 6 heteroatoms. The molecule has 0 spiro atoms. The van der Waals surface area contributed by atoms with Crippen LogP contribution in [-0.2, 0) is 19.5 Å². The number of carbonyl (C=O) groups excluding carboxylic acids is 1. The van der Waals surface area contributed by atoms with Gasteiger partial charge in [0.05, 0.1) is 7.11 Å². The van der Waals surface area contributed by atoms with Crippen molar-refractivity contribution >= 4 is 11.6 Å². The normalized spacial score (nSPS) is 10.4. The maximum absolute atomic E-state index is 12.2. The van der Waals surface area contributed by atoms with Crippen LogP contribution in [0.15, 0.2) is 30.5 Å². The van der Waals surface area contributed by atoms with E-state index in [1.807, 2.05) is 18.2 Å². The number of benzene rings is 1. The van der Waals surface area contributed by atoms with E-state index in [1.54, 1.807) is 7.11 Å². The van der Waals surface area contributed by atoms with Crippen molar-refractivity contribution in [3.05, 3.63) is 52.8 Å². The fraction of sp³-hybridized carbons (Fsp3) is 0.294. The molecule has 0 aliphatic rings. The topological polar surface area (TPSA) is 103 Å². The van der Waals surface area contributed by atoms with Crippen molar-refractivity contribution < 1.29 is 9.53 Å². The number of ether oxygens (including phenoxy) is 1. The summed E-state index contributed by atoms with van der Waals surface area (Å²) in [6.45, 7) is 2.73. The van der Waals surface area contributed by atoms with E-state index >= 15 is 0 Å². The molecule has 1 aromatic carbocycles. The zero-order valence-electron chi connectivity index (χ0n) is 13.4. The molecule has 0 bridgehead atoms. The van der Waals surface area contributed by atoms with Crippen molar-refractivity contribution in [1.29, 1.82) is 0 Å². The molecule has 23 heavy (non-hydrogen) atoms. The van der Waals surface area contributed by atoms with Gasteiger partial charge >= 0.3 is 0 Å². The smallest absolute Gasteiger partial charge is 0.270 e. The quantitative estimate of drug-likeness (QED) is 0.752. The van der Waals surface area contributed by atoms with E-state index in [0.29, 0.717) is 18.8 Å². The van der Waals surface area contributed by atoms with E-state index in [1.165, 1.54) is 17.8 Å². The second-order valence-electron chi connectivity index (χ2n) is 5.15. The van der Waals surface area contributed by atoms with E-state index in [2.05, 4.69) is 17.2 Å². The lowest BCUT2D eigenvalue weighted by Crippen LogP contribution is -2.24. The Labute approximate surface area is 135 Å². The van der Waals surface area contributed by atoms with Crippen LogP contribution in [0, 0.1) is 0 Å². The zero-order chi connectivity index (χ0) is 16.8. The zero-order valence-corrected chi connectivity index (χ0v) is 13.4. The van der Waals surface area contributed by atoms with E-state index < -0.39 is 0 Å². The Bertz CT molecular complexity index is 701. The molecule has 2 rings (SSSR count). The molecule has 1 amide bonds. The number of nitrogens with zero attached hydrogens (tertiary/aromatic N) is 1. The van der Waals surface area contributed by atoms with Crippen molar-refractivity contribution in [2.24, 2.45) is 5.73 Å². The minimum atomic E-state index is -0.290. The van der Waals surface area contributed by atoms with Crippen LogP contribution in [-0.4, -0.2) is 18.0 Å². The van der Waals surface area contributed by atoms with Gasteiger partial charge in [-0.1, -0.05) is 19.1 Å². The van der Waals surface area contributed by atoms with Crippen LogP contribution < -0.4 is 21.5 Å². The molecule has 0 saturated carbocycles. The molecular formula is C17H22N4O2. The molecule has 6 nitrogen and oxygen atoms in total. The van der Waals surface area contributed by atoms with E-state index in [-0.39, 0.29) is 11.6 Å². The van der Waals surface area contributed by atoms with Gasteiger partial charge in [0.25, 0.3) is 5.91 Å². The molecule has 5 N–H and O–H groups in total. The van der Waals surface area contributed by atoms with Gasteiger partial charge in [0.1, 0.15) is 11.4 Å². The Morgan fingerprint density at radius 3 is 2.70 bits per heavy atom. The molecule has 122 valence electrons. The van der Waals surface area contributed by atoms with Crippen LogP contribution in [0.1, 0.15) is 34.1 Å². The Kier molecular flexibility index (Phi) is 5.54. The highest BCUT2D eigenvalue weighted by molar-refractivity contribution is 5.93. The summed E-state index contributed by atoms with van der Waals surface area (Å²) in [4.78, 5) is 16.3. The average Bonchev–Trinajstić information content (AvgIpc) is 2.59. The van der Waals surface area contributed by atoms with Crippen molar-refractivity contribution in [2.75, 3.05) is 12.8 Å². The summed E-state index contributed by atoms with van der Waals surface area (Å²) in [5.41, 5.74) is 14.9. The number of rotatable bonds is 6. The number of hydrogen-bond acceptors (Lipinski definition) is 5. The van der Waals surface area contributed by atoms with Gasteiger partial charge in [-0.05, 0) is 24.1 Å². The van der Waals surface area contributed by atoms with Crippen LogP contribution in [0.4, 0.5) is 5.69 Å². The van der Waals surface area contributed by atoms with Gasteiger partial charge in [-0.25, -0.2) is 0 Å². The van der Waals surface area contributed by atoms with Gasteiger partial charge in [-0.2, -0.15) is 0 Å². The Morgan fingerprint density at radius 2 is 2.09 bits per heavy atom. The van der Waals surface area contributed by atoms with Crippen molar-refractivity contribution in [3.63, 3.8) is 0 Å². The van der Waals surface area contributed by atoms with Gasteiger partial charge in [0.15, 0.2) is 0 Å². The number of hydrogen-bond donors (Lipinski definition) is 3. The third-order valence-electron chi connectivity index (χ3n) is 3.67. The number of amides is 1. The van der Waals surface area contributed by atoms with Gasteiger partial charge < -0.3 is 21.5 Å². The molecule has 0 radical (unpaired) electrons. The van der Waals surface area contributed by atoms with Gasteiger partial charge in [-0.3, -0.25) is 9.78 Å². The third kappa shape index (κ3) is 3.98. The number of aryl methyl sites for hydroxylation is 1. The predicted molar refractivity (Wildman–Crippen MR) is 90.1 cm³/mol. The third-order valence-corrected chi connectivity index (χ3v) is 3.67. The summed E-state index contributed by atoms with van der Waals surface area (Å²) in [6.07, 6.45) is 2.46. The molecule has 2 aromatic rings. The molecule has 0 fully saturated rings. The van der Waals surface area contributed by atoms with Crippen LogP contribution in [0.3, 0.4) is 0 Å². The largest absolute Gasteiger partial charge is 0.496 e. The van der Waals surface area contributed by atoms with E-state index in [9.17, 15) is 4.79 Å². The minimum absolute atomic E-state index is 0.267. The first kappa shape index (κ1) is 16.8. The van der Waals surface area contributed by atoms with Gasteiger partial charge in [0, 0.05) is 36.1 Å². The average molecular weight is 314 g/mol. The summed E-state index contributed by atoms with van der Waals surface area (Å²) in [6, 6.07) is 7.50. The number of pyridine rings is 1. The fourth-order valence-electron chi connectivity index (χ4n) is 2.21. The van der Waals surface area contributed by atoms with Crippen LogP contribution >= 0.6 is 0 Å². The molecule has 0 saturated heterocycles. The first-order valence-electron chi connectivity index (χ1n) is 7.47. The maximum Gasteiger partial charge on any atom is 0.270 e. The molecule has 1 aromatic heterocycles. The number of nitrogen functional groups attached to an aromatic ring is 1. The fourth-order valence-corrected chi connectivity index (χ4v) is 2.21. The lowest BCUT2D eigenvalue weighted by molar-refractivity contribution is 0.0945. The number of anilines is 1. The number of carbonyl (C=O) groups is 1. The number of nitrogens with one attached hydrogen (secondary N) is 1. The summed E-state index contributed by atoms with van der Waals surface area (Å²) >= 11 is 0. The standard InChI is InChI=1S/C17H22N4O2/c1-3-11-4-5-12(16(6-11)23-2)9-21-17(22)15-7-14(19)13(8-18)10-20-15/h4-7,10H,3,8-9,18H2,1-2H3,(H2,19,20)(H,21,22). The van der Waals surface area contributed by atoms with Crippen LogP contribution in [0.5, 0.6) is 5.75 Å². The maximum atomic E-state index is 12.2. The Balaban J connectivity index is 2.08. The number of aromatic nitrogens is 1. The molecule has 0 aliphatic heterocycles. The Morgan fingerprint density at radius 1 is 1.30 bits per heavy atom. The van der Waals surface area contributed by atoms with Crippen molar-refractivity contribution in [3.8, 4) is 5.75 Å². The summed E-state index contributed by atoms with van der Waals surface area (Å²) in [7, 11) is 1.62. The molecule has 0 aliphatic carbocycles. The molecule has 1 heterocycles. The Hall–Kier alpha value is -2.60. The second kappa shape index (κ2) is 7.60.